The van der Waals surface area contributed by atoms with Crippen molar-refractivity contribution >= 4 is 17.7 Å². The summed E-state index contributed by atoms with van der Waals surface area (Å²) in [6.45, 7) is 1.88. The summed E-state index contributed by atoms with van der Waals surface area (Å²) in [4.78, 5) is 10.7. The van der Waals surface area contributed by atoms with E-state index in [4.69, 9.17) is 9.52 Å². The molecule has 0 bridgehead atoms. The summed E-state index contributed by atoms with van der Waals surface area (Å²) >= 11 is 1.39. The van der Waals surface area contributed by atoms with E-state index in [0.29, 0.717) is 0 Å². The Morgan fingerprint density at radius 2 is 2.50 bits per heavy atom. The van der Waals surface area contributed by atoms with Crippen LogP contribution in [-0.4, -0.2) is 22.2 Å². The molecule has 0 spiro atoms. The topological polar surface area (TPSA) is 62.5 Å². The predicted octanol–water partition coefficient (Wildman–Crippen LogP) is 1.38. The van der Waals surface area contributed by atoms with Gasteiger partial charge in [0.15, 0.2) is 5.37 Å². The zero-order chi connectivity index (χ0) is 10.1. The van der Waals surface area contributed by atoms with Gasteiger partial charge in [0, 0.05) is 5.75 Å². The van der Waals surface area contributed by atoms with Crippen molar-refractivity contribution in [2.45, 2.75) is 18.3 Å². The van der Waals surface area contributed by atoms with Gasteiger partial charge < -0.3 is 9.52 Å². The van der Waals surface area contributed by atoms with Crippen molar-refractivity contribution in [2.24, 2.45) is 0 Å². The van der Waals surface area contributed by atoms with Gasteiger partial charge in [-0.1, -0.05) is 0 Å². The van der Waals surface area contributed by atoms with Gasteiger partial charge in [0.1, 0.15) is 11.5 Å². The number of carbonyl (C=O) groups is 1. The van der Waals surface area contributed by atoms with Crippen LogP contribution in [0.5, 0.6) is 0 Å². The molecule has 1 aliphatic rings. The van der Waals surface area contributed by atoms with Gasteiger partial charge in [-0.05, 0) is 19.1 Å². The zero-order valence-corrected chi connectivity index (χ0v) is 8.50. The third-order valence-electron chi connectivity index (χ3n) is 2.11. The standard InChI is InChI=1S/C9H11NO3S/c1-5-2-3-7(13-5)6-4-14-8(10-6)9(11)12/h2-3,6,8,10H,4H2,1H3,(H,11,12)/t6-,8+/m0/s1. The Morgan fingerprint density at radius 1 is 1.71 bits per heavy atom. The smallest absolute Gasteiger partial charge is 0.331 e. The van der Waals surface area contributed by atoms with Gasteiger partial charge in [-0.2, -0.15) is 0 Å². The second kappa shape index (κ2) is 3.67. The van der Waals surface area contributed by atoms with Crippen LogP contribution in [0.4, 0.5) is 0 Å². The number of nitrogens with one attached hydrogen (secondary N) is 1. The van der Waals surface area contributed by atoms with Gasteiger partial charge >= 0.3 is 5.97 Å². The number of rotatable bonds is 2. The number of aliphatic carboxylic acids is 1. The molecule has 0 unspecified atom stereocenters. The first-order valence-electron chi connectivity index (χ1n) is 4.33. The van der Waals surface area contributed by atoms with Crippen molar-refractivity contribution in [2.75, 3.05) is 5.75 Å². The molecular weight excluding hydrogens is 202 g/mol. The largest absolute Gasteiger partial charge is 0.479 e. The third kappa shape index (κ3) is 1.78. The van der Waals surface area contributed by atoms with Gasteiger partial charge in [0.25, 0.3) is 0 Å². The van der Waals surface area contributed by atoms with E-state index in [1.54, 1.807) is 0 Å². The van der Waals surface area contributed by atoms with E-state index >= 15 is 0 Å². The molecule has 1 aromatic heterocycles. The number of thioether (sulfide) groups is 1. The lowest BCUT2D eigenvalue weighted by molar-refractivity contribution is -0.137. The first-order valence-corrected chi connectivity index (χ1v) is 5.38. The molecule has 1 aliphatic heterocycles. The fourth-order valence-electron chi connectivity index (χ4n) is 1.42. The number of aryl methyl sites for hydroxylation is 1. The van der Waals surface area contributed by atoms with Crippen LogP contribution in [0.3, 0.4) is 0 Å². The number of hydrogen-bond acceptors (Lipinski definition) is 4. The highest BCUT2D eigenvalue weighted by molar-refractivity contribution is 8.00. The lowest BCUT2D eigenvalue weighted by atomic mass is 10.2. The maximum absolute atomic E-state index is 10.7. The minimum atomic E-state index is -0.819. The summed E-state index contributed by atoms with van der Waals surface area (Å²) in [6.07, 6.45) is 0. The van der Waals surface area contributed by atoms with Crippen molar-refractivity contribution < 1.29 is 14.3 Å². The van der Waals surface area contributed by atoms with E-state index in [-0.39, 0.29) is 6.04 Å². The number of furan rings is 1. The zero-order valence-electron chi connectivity index (χ0n) is 7.69. The highest BCUT2D eigenvalue weighted by atomic mass is 32.2. The molecule has 2 atom stereocenters. The molecule has 1 aromatic rings. The van der Waals surface area contributed by atoms with Crippen molar-refractivity contribution in [3.8, 4) is 0 Å². The molecule has 2 rings (SSSR count). The summed E-state index contributed by atoms with van der Waals surface area (Å²) in [5.41, 5.74) is 0. The van der Waals surface area contributed by atoms with Crippen LogP contribution >= 0.6 is 11.8 Å². The maximum Gasteiger partial charge on any atom is 0.331 e. The Morgan fingerprint density at radius 3 is 3.00 bits per heavy atom. The van der Waals surface area contributed by atoms with Crippen molar-refractivity contribution in [1.82, 2.24) is 5.32 Å². The summed E-state index contributed by atoms with van der Waals surface area (Å²) in [7, 11) is 0. The lowest BCUT2D eigenvalue weighted by Gasteiger charge is -2.07. The summed E-state index contributed by atoms with van der Waals surface area (Å²) in [5, 5.41) is 11.2. The first kappa shape index (κ1) is 9.61. The SMILES string of the molecule is Cc1ccc([C@@H]2CS[C@H](C(=O)O)N2)o1. The molecule has 2 N–H and O–H groups in total. The quantitative estimate of drug-likeness (QED) is 0.777. The normalized spacial score (nSPS) is 26.6. The molecule has 4 nitrogen and oxygen atoms in total. The molecule has 1 fully saturated rings. The second-order valence-electron chi connectivity index (χ2n) is 3.22. The van der Waals surface area contributed by atoms with Crippen LogP contribution < -0.4 is 5.32 Å². The number of carboxylic acid groups (broad SMARTS) is 1. The average Bonchev–Trinajstić information content (AvgIpc) is 2.70. The van der Waals surface area contributed by atoms with Gasteiger partial charge in [-0.15, -0.1) is 11.8 Å². The highest BCUT2D eigenvalue weighted by Gasteiger charge is 2.31. The Bertz CT molecular complexity index is 350. The maximum atomic E-state index is 10.7. The van der Waals surface area contributed by atoms with Crippen LogP contribution in [-0.2, 0) is 4.79 Å². The van der Waals surface area contributed by atoms with Crippen LogP contribution in [0, 0.1) is 6.92 Å². The van der Waals surface area contributed by atoms with E-state index in [0.717, 1.165) is 17.3 Å². The molecule has 14 heavy (non-hydrogen) atoms. The summed E-state index contributed by atoms with van der Waals surface area (Å²) < 4.78 is 5.43. The molecule has 0 saturated carbocycles. The molecule has 0 radical (unpaired) electrons. The fraction of sp³-hybridized carbons (Fsp3) is 0.444. The van der Waals surface area contributed by atoms with Crippen LogP contribution in [0.2, 0.25) is 0 Å². The van der Waals surface area contributed by atoms with E-state index < -0.39 is 11.3 Å². The van der Waals surface area contributed by atoms with Crippen LogP contribution in [0.1, 0.15) is 17.6 Å². The number of hydrogen-bond donors (Lipinski definition) is 2. The van der Waals surface area contributed by atoms with Crippen molar-refractivity contribution in [3.63, 3.8) is 0 Å². The minimum absolute atomic E-state index is 0.0230. The van der Waals surface area contributed by atoms with E-state index in [1.165, 1.54) is 11.8 Å². The van der Waals surface area contributed by atoms with Crippen molar-refractivity contribution in [3.05, 3.63) is 23.7 Å². The van der Waals surface area contributed by atoms with Crippen LogP contribution in [0.15, 0.2) is 16.5 Å². The Kier molecular flexibility index (Phi) is 2.52. The Labute approximate surface area is 85.7 Å². The molecule has 76 valence electrons. The van der Waals surface area contributed by atoms with Gasteiger partial charge in [0.05, 0.1) is 6.04 Å². The summed E-state index contributed by atoms with van der Waals surface area (Å²) in [5.74, 6) is 1.59. The molecule has 0 aromatic carbocycles. The van der Waals surface area contributed by atoms with E-state index in [2.05, 4.69) is 5.32 Å². The fourth-order valence-corrected chi connectivity index (χ4v) is 2.47. The van der Waals surface area contributed by atoms with Crippen LogP contribution in [0.25, 0.3) is 0 Å². The van der Waals surface area contributed by atoms with E-state index in [9.17, 15) is 4.79 Å². The molecule has 2 heterocycles. The molecule has 0 aliphatic carbocycles. The summed E-state index contributed by atoms with van der Waals surface area (Å²) in [6, 6.07) is 3.79. The van der Waals surface area contributed by atoms with Gasteiger partial charge in [-0.25, -0.2) is 4.79 Å². The second-order valence-corrected chi connectivity index (χ2v) is 4.36. The van der Waals surface area contributed by atoms with Gasteiger partial charge in [0.2, 0.25) is 0 Å². The number of carboxylic acids is 1. The Balaban J connectivity index is 2.05. The predicted molar refractivity (Wildman–Crippen MR) is 53.2 cm³/mol. The molecule has 0 amide bonds. The minimum Gasteiger partial charge on any atom is -0.479 e. The lowest BCUT2D eigenvalue weighted by Crippen LogP contribution is -2.30. The molecule has 1 saturated heterocycles. The highest BCUT2D eigenvalue weighted by Crippen LogP contribution is 2.29. The monoisotopic (exact) mass is 213 g/mol. The van der Waals surface area contributed by atoms with Crippen molar-refractivity contribution in [1.29, 1.82) is 0 Å². The third-order valence-corrected chi connectivity index (χ3v) is 3.31. The molecular formula is C9H11NO3S. The van der Waals surface area contributed by atoms with E-state index in [1.807, 2.05) is 19.1 Å². The average molecular weight is 213 g/mol. The first-order chi connectivity index (χ1) is 6.66. The molecule has 5 heteroatoms. The Hall–Kier alpha value is -0.940. The van der Waals surface area contributed by atoms with Gasteiger partial charge in [-0.3, -0.25) is 5.32 Å².